The third-order valence-electron chi connectivity index (χ3n) is 2.26. The molecule has 0 fully saturated rings. The lowest BCUT2D eigenvalue weighted by atomic mass is 10.0. The molecule has 1 aromatic carbocycles. The van der Waals surface area contributed by atoms with Gasteiger partial charge in [0.25, 0.3) is 0 Å². The number of hydrogen-bond donors (Lipinski definition) is 1. The van der Waals surface area contributed by atoms with Crippen LogP contribution in [0.5, 0.6) is 0 Å². The lowest BCUT2D eigenvalue weighted by Crippen LogP contribution is -2.18. The Bertz CT molecular complexity index is 347. The maximum absolute atomic E-state index is 11.1. The molecular weight excluding hydrogens is 204 g/mol. The molecule has 0 aliphatic heterocycles. The van der Waals surface area contributed by atoms with Gasteiger partial charge in [0.1, 0.15) is 0 Å². The Hall–Kier alpha value is -1.35. The van der Waals surface area contributed by atoms with Crippen LogP contribution in [0.2, 0.25) is 0 Å². The monoisotopic (exact) mass is 222 g/mol. The molecule has 88 valence electrons. The summed E-state index contributed by atoms with van der Waals surface area (Å²) < 4.78 is 4.78. The minimum Gasteiger partial charge on any atom is -0.466 e. The van der Waals surface area contributed by atoms with Crippen LogP contribution in [-0.4, -0.2) is 23.8 Å². The predicted octanol–water partition coefficient (Wildman–Crippen LogP) is 1.85. The highest BCUT2D eigenvalue weighted by Crippen LogP contribution is 2.09. The number of hydrogen-bond acceptors (Lipinski definition) is 3. The highest BCUT2D eigenvalue weighted by Gasteiger charge is 2.12. The summed E-state index contributed by atoms with van der Waals surface area (Å²) in [6.07, 6.45) is -0.122. The Labute approximate surface area is 96.1 Å². The van der Waals surface area contributed by atoms with E-state index >= 15 is 0 Å². The number of aliphatic hydroxyl groups is 1. The smallest absolute Gasteiger partial charge is 0.308 e. The average Bonchev–Trinajstić information content (AvgIpc) is 2.17. The second kappa shape index (κ2) is 6.28. The number of esters is 1. The van der Waals surface area contributed by atoms with Gasteiger partial charge in [-0.15, -0.1) is 0 Å². The van der Waals surface area contributed by atoms with E-state index in [0.717, 1.165) is 11.1 Å². The lowest BCUT2D eigenvalue weighted by molar-refractivity contribution is -0.145. The first kappa shape index (κ1) is 12.7. The molecule has 0 aliphatic carbocycles. The number of aliphatic hydroxyl groups excluding tert-OH is 1. The van der Waals surface area contributed by atoms with E-state index in [1.54, 1.807) is 6.92 Å². The Morgan fingerprint density at radius 2 is 2.25 bits per heavy atom. The van der Waals surface area contributed by atoms with Crippen LogP contribution < -0.4 is 0 Å². The molecular formula is C13H18O3. The maximum atomic E-state index is 11.1. The molecule has 0 saturated carbocycles. The molecule has 0 radical (unpaired) electrons. The highest BCUT2D eigenvalue weighted by atomic mass is 16.5. The first-order valence-corrected chi connectivity index (χ1v) is 5.51. The summed E-state index contributed by atoms with van der Waals surface area (Å²) in [6.45, 7) is 4.11. The molecule has 1 aromatic rings. The zero-order chi connectivity index (χ0) is 12.0. The average molecular weight is 222 g/mol. The van der Waals surface area contributed by atoms with Crippen molar-refractivity contribution in [1.29, 1.82) is 0 Å². The number of rotatable bonds is 5. The number of ether oxygens (including phenoxy) is 1. The molecule has 16 heavy (non-hydrogen) atoms. The molecule has 3 heteroatoms. The fourth-order valence-electron chi connectivity index (χ4n) is 1.60. The Balaban J connectivity index is 2.45. The van der Waals surface area contributed by atoms with Crippen molar-refractivity contribution < 1.29 is 14.6 Å². The van der Waals surface area contributed by atoms with Crippen LogP contribution in [0.3, 0.4) is 0 Å². The summed E-state index contributed by atoms with van der Waals surface area (Å²) >= 11 is 0. The van der Waals surface area contributed by atoms with Crippen molar-refractivity contribution >= 4 is 5.97 Å². The van der Waals surface area contributed by atoms with E-state index in [1.165, 1.54) is 0 Å². The minimum absolute atomic E-state index is 0.0573. The standard InChI is InChI=1S/C13H18O3/c1-3-16-13(15)9-12(14)8-11-6-4-5-10(2)7-11/h4-7,12,14H,3,8-9H2,1-2H3/t12-/m1/s1. The number of carbonyl (C=O) groups is 1. The van der Waals surface area contributed by atoms with Crippen LogP contribution in [0.15, 0.2) is 24.3 Å². The van der Waals surface area contributed by atoms with Crippen LogP contribution in [0, 0.1) is 6.92 Å². The molecule has 1 atom stereocenters. The lowest BCUT2D eigenvalue weighted by Gasteiger charge is -2.10. The van der Waals surface area contributed by atoms with E-state index < -0.39 is 6.10 Å². The van der Waals surface area contributed by atoms with Crippen molar-refractivity contribution in [3.05, 3.63) is 35.4 Å². The predicted molar refractivity (Wildman–Crippen MR) is 62.1 cm³/mol. The molecule has 0 heterocycles. The van der Waals surface area contributed by atoms with E-state index in [2.05, 4.69) is 0 Å². The van der Waals surface area contributed by atoms with Gasteiger partial charge in [-0.25, -0.2) is 0 Å². The van der Waals surface area contributed by atoms with Gasteiger partial charge in [-0.2, -0.15) is 0 Å². The molecule has 0 unspecified atom stereocenters. The minimum atomic E-state index is -0.666. The first-order valence-electron chi connectivity index (χ1n) is 5.51. The summed E-state index contributed by atoms with van der Waals surface area (Å²) in [5, 5.41) is 9.69. The molecule has 0 aliphatic rings. The van der Waals surface area contributed by atoms with Crippen LogP contribution >= 0.6 is 0 Å². The zero-order valence-electron chi connectivity index (χ0n) is 9.77. The number of carbonyl (C=O) groups excluding carboxylic acids is 1. The van der Waals surface area contributed by atoms with Crippen molar-refractivity contribution in [3.8, 4) is 0 Å². The summed E-state index contributed by atoms with van der Waals surface area (Å²) in [5.74, 6) is -0.345. The van der Waals surface area contributed by atoms with Crippen LogP contribution in [-0.2, 0) is 16.0 Å². The largest absolute Gasteiger partial charge is 0.466 e. The van der Waals surface area contributed by atoms with Crippen LogP contribution in [0.4, 0.5) is 0 Å². The summed E-state index contributed by atoms with van der Waals surface area (Å²) in [6, 6.07) is 7.90. The molecule has 0 spiro atoms. The topological polar surface area (TPSA) is 46.5 Å². The normalized spacial score (nSPS) is 12.2. The summed E-state index contributed by atoms with van der Waals surface area (Å²) in [5.41, 5.74) is 2.19. The van der Waals surface area contributed by atoms with Gasteiger partial charge in [-0.1, -0.05) is 29.8 Å². The quantitative estimate of drug-likeness (QED) is 0.773. The molecule has 1 N–H and O–H groups in total. The Morgan fingerprint density at radius 3 is 2.88 bits per heavy atom. The van der Waals surface area contributed by atoms with E-state index in [9.17, 15) is 9.90 Å². The number of aryl methyl sites for hydroxylation is 1. The van der Waals surface area contributed by atoms with Crippen LogP contribution in [0.25, 0.3) is 0 Å². The van der Waals surface area contributed by atoms with Gasteiger partial charge in [-0.3, -0.25) is 4.79 Å². The van der Waals surface area contributed by atoms with Gasteiger partial charge in [0.05, 0.1) is 19.1 Å². The maximum Gasteiger partial charge on any atom is 0.308 e. The van der Waals surface area contributed by atoms with Crippen LogP contribution in [0.1, 0.15) is 24.5 Å². The van der Waals surface area contributed by atoms with Crippen molar-refractivity contribution in [1.82, 2.24) is 0 Å². The van der Waals surface area contributed by atoms with Crippen molar-refractivity contribution in [2.45, 2.75) is 32.8 Å². The first-order chi connectivity index (χ1) is 7.61. The fraction of sp³-hybridized carbons (Fsp3) is 0.462. The molecule has 0 aromatic heterocycles. The third-order valence-corrected chi connectivity index (χ3v) is 2.26. The summed E-state index contributed by atoms with van der Waals surface area (Å²) in [7, 11) is 0. The molecule has 1 rings (SSSR count). The molecule has 0 saturated heterocycles. The van der Waals surface area contributed by atoms with Gasteiger partial charge < -0.3 is 9.84 Å². The Kier molecular flexibility index (Phi) is 4.99. The Morgan fingerprint density at radius 1 is 1.50 bits per heavy atom. The second-order valence-corrected chi connectivity index (χ2v) is 3.86. The summed E-state index contributed by atoms with van der Waals surface area (Å²) in [4.78, 5) is 11.1. The third kappa shape index (κ3) is 4.45. The van der Waals surface area contributed by atoms with Gasteiger partial charge >= 0.3 is 5.97 Å². The molecule has 0 bridgehead atoms. The van der Waals surface area contributed by atoms with Crippen molar-refractivity contribution in [2.24, 2.45) is 0 Å². The van der Waals surface area contributed by atoms with Crippen molar-refractivity contribution in [3.63, 3.8) is 0 Å². The van der Waals surface area contributed by atoms with Crippen molar-refractivity contribution in [2.75, 3.05) is 6.61 Å². The molecule has 0 amide bonds. The molecule has 3 nitrogen and oxygen atoms in total. The van der Waals surface area contributed by atoms with E-state index in [-0.39, 0.29) is 12.4 Å². The zero-order valence-corrected chi connectivity index (χ0v) is 9.77. The fourth-order valence-corrected chi connectivity index (χ4v) is 1.60. The second-order valence-electron chi connectivity index (χ2n) is 3.86. The van der Waals surface area contributed by atoms with Gasteiger partial charge in [-0.05, 0) is 25.8 Å². The van der Waals surface area contributed by atoms with Gasteiger partial charge in [0.15, 0.2) is 0 Å². The van der Waals surface area contributed by atoms with Gasteiger partial charge in [0, 0.05) is 0 Å². The SMILES string of the molecule is CCOC(=O)C[C@H](O)Cc1cccc(C)c1. The highest BCUT2D eigenvalue weighted by molar-refractivity contribution is 5.69. The number of benzene rings is 1. The van der Waals surface area contributed by atoms with E-state index in [1.807, 2.05) is 31.2 Å². The van der Waals surface area contributed by atoms with E-state index in [4.69, 9.17) is 4.74 Å². The van der Waals surface area contributed by atoms with E-state index in [0.29, 0.717) is 13.0 Å². The van der Waals surface area contributed by atoms with Gasteiger partial charge in [0.2, 0.25) is 0 Å².